The Morgan fingerprint density at radius 1 is 1.50 bits per heavy atom. The Morgan fingerprint density at radius 3 is 2.88 bits per heavy atom. The fourth-order valence-electron chi connectivity index (χ4n) is 1.66. The van der Waals surface area contributed by atoms with Gasteiger partial charge in [-0.3, -0.25) is 0 Å². The Labute approximate surface area is 98.0 Å². The third kappa shape index (κ3) is 1.67. The van der Waals surface area contributed by atoms with Gasteiger partial charge in [-0.2, -0.15) is 0 Å². The number of nitrogen functional groups attached to an aromatic ring is 1. The standard InChI is InChI=1S/C11H14N2O2S/c1-6(2)8-9(13-15-11(8)12)10-7(14-3)4-5-16-10/h4-6H,12H2,1-3H3. The molecule has 0 aliphatic rings. The second-order valence-corrected chi connectivity index (χ2v) is 4.70. The molecule has 2 rings (SSSR count). The van der Waals surface area contributed by atoms with E-state index in [0.29, 0.717) is 5.88 Å². The molecule has 5 heteroatoms. The van der Waals surface area contributed by atoms with Crippen LogP contribution in [0.25, 0.3) is 10.6 Å². The van der Waals surface area contributed by atoms with E-state index in [0.717, 1.165) is 21.9 Å². The van der Waals surface area contributed by atoms with E-state index in [2.05, 4.69) is 19.0 Å². The molecule has 86 valence electrons. The molecule has 0 unspecified atom stereocenters. The zero-order valence-electron chi connectivity index (χ0n) is 9.48. The first-order valence-electron chi connectivity index (χ1n) is 5.02. The molecule has 2 aromatic rings. The van der Waals surface area contributed by atoms with Crippen molar-refractivity contribution in [1.82, 2.24) is 5.16 Å². The van der Waals surface area contributed by atoms with Gasteiger partial charge in [0.25, 0.3) is 0 Å². The lowest BCUT2D eigenvalue weighted by Crippen LogP contribution is -1.94. The van der Waals surface area contributed by atoms with E-state index >= 15 is 0 Å². The molecule has 4 nitrogen and oxygen atoms in total. The number of nitrogens with two attached hydrogens (primary N) is 1. The predicted octanol–water partition coefficient (Wildman–Crippen LogP) is 3.12. The van der Waals surface area contributed by atoms with Crippen LogP contribution in [-0.2, 0) is 0 Å². The Kier molecular flexibility index (Phi) is 2.87. The average molecular weight is 238 g/mol. The van der Waals surface area contributed by atoms with Gasteiger partial charge in [-0.15, -0.1) is 11.3 Å². The third-order valence-corrected chi connectivity index (χ3v) is 3.30. The van der Waals surface area contributed by atoms with Crippen LogP contribution in [0, 0.1) is 0 Å². The highest BCUT2D eigenvalue weighted by Crippen LogP contribution is 2.40. The molecule has 0 aromatic carbocycles. The molecule has 0 aliphatic carbocycles. The molecule has 0 saturated heterocycles. The molecule has 0 aliphatic heterocycles. The molecule has 0 saturated carbocycles. The Bertz CT molecular complexity index is 488. The van der Waals surface area contributed by atoms with E-state index in [4.69, 9.17) is 15.0 Å². The third-order valence-electron chi connectivity index (χ3n) is 2.40. The maximum Gasteiger partial charge on any atom is 0.226 e. The van der Waals surface area contributed by atoms with Crippen LogP contribution in [0.3, 0.4) is 0 Å². The van der Waals surface area contributed by atoms with Crippen LogP contribution in [0.15, 0.2) is 16.0 Å². The molecule has 0 radical (unpaired) electrons. The lowest BCUT2D eigenvalue weighted by atomic mass is 10.0. The number of thiophene rings is 1. The number of hydrogen-bond acceptors (Lipinski definition) is 5. The van der Waals surface area contributed by atoms with Crippen molar-refractivity contribution in [3.05, 3.63) is 17.0 Å². The zero-order valence-corrected chi connectivity index (χ0v) is 10.3. The number of hydrogen-bond donors (Lipinski definition) is 1. The van der Waals surface area contributed by atoms with Crippen LogP contribution in [0.1, 0.15) is 25.3 Å². The second kappa shape index (κ2) is 4.17. The first-order valence-corrected chi connectivity index (χ1v) is 5.90. The van der Waals surface area contributed by atoms with Crippen LogP contribution < -0.4 is 10.5 Å². The van der Waals surface area contributed by atoms with Crippen LogP contribution in [0.2, 0.25) is 0 Å². The molecule has 0 amide bonds. The molecule has 0 bridgehead atoms. The molecular formula is C11H14N2O2S. The first kappa shape index (κ1) is 11.0. The van der Waals surface area contributed by atoms with Gasteiger partial charge in [-0.25, -0.2) is 0 Å². The summed E-state index contributed by atoms with van der Waals surface area (Å²) in [7, 11) is 1.64. The summed E-state index contributed by atoms with van der Waals surface area (Å²) in [6.07, 6.45) is 0. The van der Waals surface area contributed by atoms with E-state index in [1.54, 1.807) is 18.4 Å². The smallest absolute Gasteiger partial charge is 0.226 e. The summed E-state index contributed by atoms with van der Waals surface area (Å²) in [6.45, 7) is 4.12. The number of nitrogens with zero attached hydrogens (tertiary/aromatic N) is 1. The molecular weight excluding hydrogens is 224 g/mol. The lowest BCUT2D eigenvalue weighted by molar-refractivity contribution is 0.416. The minimum Gasteiger partial charge on any atom is -0.495 e. The fraction of sp³-hybridized carbons (Fsp3) is 0.364. The summed E-state index contributed by atoms with van der Waals surface area (Å²) < 4.78 is 10.3. The number of rotatable bonds is 3. The van der Waals surface area contributed by atoms with Crippen LogP contribution >= 0.6 is 11.3 Å². The maximum atomic E-state index is 5.77. The number of anilines is 1. The van der Waals surface area contributed by atoms with E-state index in [1.807, 2.05) is 11.4 Å². The highest BCUT2D eigenvalue weighted by molar-refractivity contribution is 7.14. The summed E-state index contributed by atoms with van der Waals surface area (Å²) in [5.41, 5.74) is 7.51. The fourth-order valence-corrected chi connectivity index (χ4v) is 2.52. The largest absolute Gasteiger partial charge is 0.495 e. The van der Waals surface area contributed by atoms with E-state index in [1.165, 1.54) is 0 Å². The van der Waals surface area contributed by atoms with Gasteiger partial charge >= 0.3 is 0 Å². The van der Waals surface area contributed by atoms with Crippen molar-refractivity contribution < 1.29 is 9.26 Å². The normalized spacial score (nSPS) is 11.0. The van der Waals surface area contributed by atoms with Gasteiger partial charge in [-0.1, -0.05) is 19.0 Å². The Hall–Kier alpha value is -1.49. The SMILES string of the molecule is COc1ccsc1-c1noc(N)c1C(C)C. The van der Waals surface area contributed by atoms with E-state index in [9.17, 15) is 0 Å². The molecule has 0 fully saturated rings. The summed E-state index contributed by atoms with van der Waals surface area (Å²) in [6, 6.07) is 1.91. The van der Waals surface area contributed by atoms with Crippen molar-refractivity contribution in [3.8, 4) is 16.3 Å². The maximum absolute atomic E-state index is 5.77. The van der Waals surface area contributed by atoms with Crippen LogP contribution in [0.5, 0.6) is 5.75 Å². The van der Waals surface area contributed by atoms with Gasteiger partial charge in [0.1, 0.15) is 11.4 Å². The Morgan fingerprint density at radius 2 is 2.25 bits per heavy atom. The topological polar surface area (TPSA) is 61.3 Å². The average Bonchev–Trinajstić information content (AvgIpc) is 2.82. The van der Waals surface area contributed by atoms with Crippen LogP contribution in [-0.4, -0.2) is 12.3 Å². The monoisotopic (exact) mass is 238 g/mol. The van der Waals surface area contributed by atoms with Crippen molar-refractivity contribution in [2.24, 2.45) is 0 Å². The summed E-state index contributed by atoms with van der Waals surface area (Å²) in [5.74, 6) is 1.47. The number of aromatic nitrogens is 1. The Balaban J connectivity index is 2.56. The summed E-state index contributed by atoms with van der Waals surface area (Å²) >= 11 is 1.57. The molecule has 16 heavy (non-hydrogen) atoms. The molecule has 0 spiro atoms. The molecule has 2 N–H and O–H groups in total. The number of methoxy groups -OCH3 is 1. The first-order chi connectivity index (χ1) is 7.65. The minimum absolute atomic E-state index is 0.271. The van der Waals surface area contributed by atoms with Gasteiger partial charge in [0, 0.05) is 5.56 Å². The second-order valence-electron chi connectivity index (χ2n) is 3.78. The van der Waals surface area contributed by atoms with Crippen molar-refractivity contribution >= 4 is 17.2 Å². The van der Waals surface area contributed by atoms with E-state index < -0.39 is 0 Å². The zero-order chi connectivity index (χ0) is 11.7. The van der Waals surface area contributed by atoms with Crippen molar-refractivity contribution in [2.45, 2.75) is 19.8 Å². The van der Waals surface area contributed by atoms with Crippen LogP contribution in [0.4, 0.5) is 5.88 Å². The van der Waals surface area contributed by atoms with Crippen molar-refractivity contribution in [1.29, 1.82) is 0 Å². The van der Waals surface area contributed by atoms with Gasteiger partial charge in [-0.05, 0) is 17.4 Å². The number of ether oxygens (including phenoxy) is 1. The van der Waals surface area contributed by atoms with E-state index in [-0.39, 0.29) is 5.92 Å². The molecule has 2 heterocycles. The lowest BCUT2D eigenvalue weighted by Gasteiger charge is -2.05. The quantitative estimate of drug-likeness (QED) is 0.892. The highest BCUT2D eigenvalue weighted by atomic mass is 32.1. The van der Waals surface area contributed by atoms with Gasteiger partial charge < -0.3 is 15.0 Å². The minimum atomic E-state index is 0.271. The predicted molar refractivity (Wildman–Crippen MR) is 64.9 cm³/mol. The van der Waals surface area contributed by atoms with Gasteiger partial charge in [0.15, 0.2) is 0 Å². The molecule has 2 aromatic heterocycles. The van der Waals surface area contributed by atoms with Crippen molar-refractivity contribution in [2.75, 3.05) is 12.8 Å². The summed E-state index contributed by atoms with van der Waals surface area (Å²) in [4.78, 5) is 0.964. The summed E-state index contributed by atoms with van der Waals surface area (Å²) in [5, 5.41) is 5.98. The highest BCUT2D eigenvalue weighted by Gasteiger charge is 2.21. The molecule has 0 atom stereocenters. The van der Waals surface area contributed by atoms with Gasteiger partial charge in [0.05, 0.1) is 12.0 Å². The van der Waals surface area contributed by atoms with Crippen molar-refractivity contribution in [3.63, 3.8) is 0 Å². The van der Waals surface area contributed by atoms with Gasteiger partial charge in [0.2, 0.25) is 5.88 Å².